The lowest BCUT2D eigenvalue weighted by Crippen LogP contribution is -2.18. The Hall–Kier alpha value is -1.18. The Morgan fingerprint density at radius 3 is 2.59 bits per heavy atom. The maximum Gasteiger partial charge on any atom is 0.0373 e. The van der Waals surface area contributed by atoms with Crippen LogP contribution in [0.3, 0.4) is 0 Å². The normalized spacial score (nSPS) is 17.2. The molecule has 2 nitrogen and oxygen atoms in total. The number of nitrogens with one attached hydrogen (secondary N) is 1. The van der Waals surface area contributed by atoms with Gasteiger partial charge >= 0.3 is 0 Å². The van der Waals surface area contributed by atoms with Crippen molar-refractivity contribution in [1.29, 1.82) is 0 Å². The smallest absolute Gasteiger partial charge is 0.0373 e. The lowest BCUT2D eigenvalue weighted by Gasteiger charge is -2.21. The number of nitrogens with zero attached hydrogens (tertiary/aromatic N) is 1. The van der Waals surface area contributed by atoms with Gasteiger partial charge in [0.25, 0.3) is 0 Å². The first kappa shape index (κ1) is 12.3. The van der Waals surface area contributed by atoms with E-state index in [1.807, 2.05) is 0 Å². The van der Waals surface area contributed by atoms with E-state index >= 15 is 0 Å². The summed E-state index contributed by atoms with van der Waals surface area (Å²) in [5.74, 6) is 0. The summed E-state index contributed by atoms with van der Waals surface area (Å²) >= 11 is 0. The minimum absolute atomic E-state index is 0.548. The van der Waals surface area contributed by atoms with E-state index in [2.05, 4.69) is 49.2 Å². The van der Waals surface area contributed by atoms with Gasteiger partial charge in [0.1, 0.15) is 0 Å². The van der Waals surface area contributed by atoms with Gasteiger partial charge < -0.3 is 10.2 Å². The predicted octanol–water partition coefficient (Wildman–Crippen LogP) is 3.81. The molecule has 1 N–H and O–H groups in total. The zero-order valence-corrected chi connectivity index (χ0v) is 11.3. The zero-order valence-electron chi connectivity index (χ0n) is 11.3. The van der Waals surface area contributed by atoms with E-state index in [4.69, 9.17) is 0 Å². The SMILES string of the molecule is CCC(C)Nc1ccc(N2CCCC2)cc1C. The van der Waals surface area contributed by atoms with Crippen molar-refractivity contribution >= 4 is 11.4 Å². The third kappa shape index (κ3) is 2.93. The van der Waals surface area contributed by atoms with Gasteiger partial charge in [-0.2, -0.15) is 0 Å². The highest BCUT2D eigenvalue weighted by Crippen LogP contribution is 2.25. The molecule has 0 saturated carbocycles. The van der Waals surface area contributed by atoms with Gasteiger partial charge in [-0.05, 0) is 56.9 Å². The fraction of sp³-hybridized carbons (Fsp3) is 0.600. The molecular formula is C15H24N2. The number of aryl methyl sites for hydroxylation is 1. The largest absolute Gasteiger partial charge is 0.382 e. The van der Waals surface area contributed by atoms with Crippen LogP contribution in [0.2, 0.25) is 0 Å². The lowest BCUT2D eigenvalue weighted by atomic mass is 10.1. The molecule has 1 aliphatic heterocycles. The second-order valence-corrected chi connectivity index (χ2v) is 5.15. The Morgan fingerprint density at radius 2 is 2.00 bits per heavy atom. The minimum Gasteiger partial charge on any atom is -0.382 e. The van der Waals surface area contributed by atoms with Crippen LogP contribution in [0.25, 0.3) is 0 Å². The summed E-state index contributed by atoms with van der Waals surface area (Å²) in [6, 6.07) is 7.35. The molecule has 2 rings (SSSR count). The van der Waals surface area contributed by atoms with Crippen LogP contribution in [0.4, 0.5) is 11.4 Å². The number of rotatable bonds is 4. The standard InChI is InChI=1S/C15H24N2/c1-4-13(3)16-15-8-7-14(11-12(15)2)17-9-5-6-10-17/h7-8,11,13,16H,4-6,9-10H2,1-3H3. The van der Waals surface area contributed by atoms with Gasteiger partial charge in [-0.15, -0.1) is 0 Å². The molecule has 1 aliphatic rings. The van der Waals surface area contributed by atoms with Crippen molar-refractivity contribution in [2.24, 2.45) is 0 Å². The van der Waals surface area contributed by atoms with Gasteiger partial charge in [-0.3, -0.25) is 0 Å². The molecule has 0 aliphatic carbocycles. The van der Waals surface area contributed by atoms with Crippen LogP contribution in [0.1, 0.15) is 38.7 Å². The highest BCUT2D eigenvalue weighted by molar-refractivity contribution is 5.60. The van der Waals surface area contributed by atoms with Crippen molar-refractivity contribution in [3.8, 4) is 0 Å². The van der Waals surface area contributed by atoms with Crippen LogP contribution in [0.15, 0.2) is 18.2 Å². The molecule has 1 heterocycles. The van der Waals surface area contributed by atoms with Crippen LogP contribution < -0.4 is 10.2 Å². The molecule has 0 amide bonds. The summed E-state index contributed by atoms with van der Waals surface area (Å²) in [6.07, 6.45) is 3.84. The minimum atomic E-state index is 0.548. The van der Waals surface area contributed by atoms with E-state index in [1.54, 1.807) is 0 Å². The molecule has 0 radical (unpaired) electrons. The number of hydrogen-bond acceptors (Lipinski definition) is 2. The predicted molar refractivity (Wildman–Crippen MR) is 76.0 cm³/mol. The van der Waals surface area contributed by atoms with Crippen LogP contribution in [-0.4, -0.2) is 19.1 Å². The Morgan fingerprint density at radius 1 is 1.29 bits per heavy atom. The van der Waals surface area contributed by atoms with Crippen molar-refractivity contribution in [1.82, 2.24) is 0 Å². The second-order valence-electron chi connectivity index (χ2n) is 5.15. The number of anilines is 2. The first-order valence-electron chi connectivity index (χ1n) is 6.83. The number of hydrogen-bond donors (Lipinski definition) is 1. The van der Waals surface area contributed by atoms with Crippen molar-refractivity contribution in [3.63, 3.8) is 0 Å². The van der Waals surface area contributed by atoms with Gasteiger partial charge in [0.15, 0.2) is 0 Å². The van der Waals surface area contributed by atoms with Crippen molar-refractivity contribution in [3.05, 3.63) is 23.8 Å². The average molecular weight is 232 g/mol. The van der Waals surface area contributed by atoms with Crippen molar-refractivity contribution in [2.75, 3.05) is 23.3 Å². The fourth-order valence-electron chi connectivity index (χ4n) is 2.35. The molecule has 1 unspecified atom stereocenters. The molecule has 1 aromatic carbocycles. The highest BCUT2D eigenvalue weighted by atomic mass is 15.1. The maximum absolute atomic E-state index is 3.56. The summed E-state index contributed by atoms with van der Waals surface area (Å²) < 4.78 is 0. The molecule has 0 bridgehead atoms. The third-order valence-corrected chi connectivity index (χ3v) is 3.70. The molecule has 1 saturated heterocycles. The second kappa shape index (κ2) is 5.44. The van der Waals surface area contributed by atoms with Crippen molar-refractivity contribution < 1.29 is 0 Å². The molecule has 1 fully saturated rings. The van der Waals surface area contributed by atoms with Gasteiger partial charge in [-0.25, -0.2) is 0 Å². The molecule has 0 spiro atoms. The monoisotopic (exact) mass is 232 g/mol. The van der Waals surface area contributed by atoms with Crippen LogP contribution in [0.5, 0.6) is 0 Å². The van der Waals surface area contributed by atoms with Crippen LogP contribution in [-0.2, 0) is 0 Å². The van der Waals surface area contributed by atoms with Crippen LogP contribution in [0, 0.1) is 6.92 Å². The Kier molecular flexibility index (Phi) is 3.93. The molecular weight excluding hydrogens is 208 g/mol. The zero-order chi connectivity index (χ0) is 12.3. The first-order chi connectivity index (χ1) is 8.20. The van der Waals surface area contributed by atoms with Gasteiger partial charge in [0, 0.05) is 30.5 Å². The molecule has 17 heavy (non-hydrogen) atoms. The molecule has 1 atom stereocenters. The van der Waals surface area contributed by atoms with E-state index in [-0.39, 0.29) is 0 Å². The topological polar surface area (TPSA) is 15.3 Å². The summed E-state index contributed by atoms with van der Waals surface area (Å²) in [7, 11) is 0. The summed E-state index contributed by atoms with van der Waals surface area (Å²) in [4.78, 5) is 2.49. The van der Waals surface area contributed by atoms with Gasteiger partial charge in [-0.1, -0.05) is 6.92 Å². The fourth-order valence-corrected chi connectivity index (χ4v) is 2.35. The summed E-state index contributed by atoms with van der Waals surface area (Å²) in [6.45, 7) is 9.08. The average Bonchev–Trinajstić information content (AvgIpc) is 2.85. The quantitative estimate of drug-likeness (QED) is 0.849. The molecule has 2 heteroatoms. The maximum atomic E-state index is 3.56. The van der Waals surface area contributed by atoms with E-state index in [0.29, 0.717) is 6.04 Å². The van der Waals surface area contributed by atoms with Gasteiger partial charge in [0.05, 0.1) is 0 Å². The molecule has 0 aromatic heterocycles. The number of benzene rings is 1. The Balaban J connectivity index is 2.10. The molecule has 1 aromatic rings. The summed E-state index contributed by atoms with van der Waals surface area (Å²) in [5.41, 5.74) is 4.02. The van der Waals surface area contributed by atoms with E-state index in [0.717, 1.165) is 6.42 Å². The van der Waals surface area contributed by atoms with Crippen molar-refractivity contribution in [2.45, 2.75) is 46.1 Å². The van der Waals surface area contributed by atoms with E-state index < -0.39 is 0 Å². The third-order valence-electron chi connectivity index (χ3n) is 3.70. The molecule has 94 valence electrons. The van der Waals surface area contributed by atoms with E-state index in [1.165, 1.54) is 42.9 Å². The van der Waals surface area contributed by atoms with Gasteiger partial charge in [0.2, 0.25) is 0 Å². The van der Waals surface area contributed by atoms with Crippen LogP contribution >= 0.6 is 0 Å². The Labute approximate surface area is 105 Å². The van der Waals surface area contributed by atoms with E-state index in [9.17, 15) is 0 Å². The lowest BCUT2D eigenvalue weighted by molar-refractivity contribution is 0.763. The Bertz CT molecular complexity index is 367. The highest BCUT2D eigenvalue weighted by Gasteiger charge is 2.13. The summed E-state index contributed by atoms with van der Waals surface area (Å²) in [5, 5.41) is 3.56. The first-order valence-corrected chi connectivity index (χ1v) is 6.83.